The summed E-state index contributed by atoms with van der Waals surface area (Å²) in [4.78, 5) is 14.2. The highest BCUT2D eigenvalue weighted by Crippen LogP contribution is 2.32. The number of hydrogen-bond donors (Lipinski definition) is 3. The van der Waals surface area contributed by atoms with Crippen molar-refractivity contribution in [2.75, 3.05) is 0 Å². The van der Waals surface area contributed by atoms with Crippen LogP contribution in [0.5, 0.6) is 0 Å². The van der Waals surface area contributed by atoms with E-state index in [9.17, 15) is 4.79 Å². The third kappa shape index (κ3) is 2.61. The van der Waals surface area contributed by atoms with Crippen LogP contribution in [0, 0.1) is 6.92 Å². The Bertz CT molecular complexity index is 819. The Hall–Kier alpha value is -2.59. The molecule has 1 heterocycles. The lowest BCUT2D eigenvalue weighted by atomic mass is 9.99. The molecule has 0 radical (unpaired) electrons. The van der Waals surface area contributed by atoms with Gasteiger partial charge in [0.25, 0.3) is 0 Å². The zero-order valence-corrected chi connectivity index (χ0v) is 12.3. The molecule has 0 saturated heterocycles. The van der Waals surface area contributed by atoms with Crippen LogP contribution >= 0.6 is 0 Å². The van der Waals surface area contributed by atoms with E-state index in [1.165, 1.54) is 10.9 Å². The van der Waals surface area contributed by atoms with Gasteiger partial charge in [-0.05, 0) is 30.5 Å². The molecule has 22 heavy (non-hydrogen) atoms. The molecule has 1 atom stereocenters. The minimum Gasteiger partial charge on any atom is -0.480 e. The van der Waals surface area contributed by atoms with Gasteiger partial charge in [-0.2, -0.15) is 0 Å². The Morgan fingerprint density at radius 3 is 2.55 bits per heavy atom. The summed E-state index contributed by atoms with van der Waals surface area (Å²) < 4.78 is 0. The van der Waals surface area contributed by atoms with E-state index in [4.69, 9.17) is 10.8 Å². The van der Waals surface area contributed by atoms with Crippen molar-refractivity contribution in [3.8, 4) is 11.1 Å². The maximum atomic E-state index is 10.8. The van der Waals surface area contributed by atoms with Crippen molar-refractivity contribution in [1.29, 1.82) is 0 Å². The highest BCUT2D eigenvalue weighted by molar-refractivity contribution is 5.97. The van der Waals surface area contributed by atoms with E-state index in [1.807, 2.05) is 36.4 Å². The van der Waals surface area contributed by atoms with Gasteiger partial charge in [0.2, 0.25) is 0 Å². The number of rotatable bonds is 4. The molecule has 4 N–H and O–H groups in total. The summed E-state index contributed by atoms with van der Waals surface area (Å²) in [6, 6.07) is 15.3. The van der Waals surface area contributed by atoms with Crippen molar-refractivity contribution < 1.29 is 9.90 Å². The molecule has 0 unspecified atom stereocenters. The van der Waals surface area contributed by atoms with Crippen molar-refractivity contribution in [3.05, 3.63) is 59.8 Å². The Kier molecular flexibility index (Phi) is 3.69. The average Bonchev–Trinajstić information content (AvgIpc) is 2.84. The third-order valence-electron chi connectivity index (χ3n) is 3.91. The van der Waals surface area contributed by atoms with Crippen LogP contribution in [-0.2, 0) is 11.2 Å². The molecule has 0 saturated carbocycles. The van der Waals surface area contributed by atoms with Crippen LogP contribution in [0.4, 0.5) is 0 Å². The number of nitrogens with two attached hydrogens (primary N) is 1. The molecule has 0 spiro atoms. The number of benzene rings is 2. The fourth-order valence-electron chi connectivity index (χ4n) is 2.80. The Labute approximate surface area is 128 Å². The SMILES string of the molecule is Cc1[nH]c2ccccc2c1-c1ccc(C[C@H](N)C(=O)O)cc1. The normalized spacial score (nSPS) is 12.5. The van der Waals surface area contributed by atoms with Gasteiger partial charge in [0.15, 0.2) is 0 Å². The van der Waals surface area contributed by atoms with Gasteiger partial charge in [-0.1, -0.05) is 42.5 Å². The fraction of sp³-hybridized carbons (Fsp3) is 0.167. The second kappa shape index (κ2) is 5.66. The molecule has 0 aliphatic heterocycles. The smallest absolute Gasteiger partial charge is 0.320 e. The van der Waals surface area contributed by atoms with Gasteiger partial charge in [0.1, 0.15) is 6.04 Å². The minimum atomic E-state index is -0.975. The van der Waals surface area contributed by atoms with Crippen LogP contribution in [0.1, 0.15) is 11.3 Å². The molecule has 4 nitrogen and oxygen atoms in total. The number of para-hydroxylation sites is 1. The van der Waals surface area contributed by atoms with Crippen molar-refractivity contribution in [2.24, 2.45) is 5.73 Å². The molecule has 2 aromatic carbocycles. The Morgan fingerprint density at radius 1 is 1.18 bits per heavy atom. The summed E-state index contributed by atoms with van der Waals surface area (Å²) in [6.45, 7) is 2.06. The van der Waals surface area contributed by atoms with Gasteiger partial charge in [-0.15, -0.1) is 0 Å². The van der Waals surface area contributed by atoms with E-state index in [1.54, 1.807) is 0 Å². The number of aryl methyl sites for hydroxylation is 1. The zero-order chi connectivity index (χ0) is 15.7. The van der Waals surface area contributed by atoms with Gasteiger partial charge in [0, 0.05) is 22.2 Å². The van der Waals surface area contributed by atoms with E-state index < -0.39 is 12.0 Å². The standard InChI is InChI=1S/C18H18N2O2/c1-11-17(14-4-2-3-5-16(14)20-11)13-8-6-12(7-9-13)10-15(19)18(21)22/h2-9,15,20H,10,19H2,1H3,(H,21,22)/t15-/m0/s1. The highest BCUT2D eigenvalue weighted by Gasteiger charge is 2.13. The van der Waals surface area contributed by atoms with Crippen molar-refractivity contribution >= 4 is 16.9 Å². The minimum absolute atomic E-state index is 0.336. The van der Waals surface area contributed by atoms with Crippen molar-refractivity contribution in [3.63, 3.8) is 0 Å². The molecule has 0 aliphatic rings. The average molecular weight is 294 g/mol. The van der Waals surface area contributed by atoms with Crippen LogP contribution in [-0.4, -0.2) is 22.1 Å². The molecule has 0 bridgehead atoms. The summed E-state index contributed by atoms with van der Waals surface area (Å²) >= 11 is 0. The first-order valence-corrected chi connectivity index (χ1v) is 7.21. The van der Waals surface area contributed by atoms with Gasteiger partial charge in [-0.25, -0.2) is 0 Å². The van der Waals surface area contributed by atoms with Crippen molar-refractivity contribution in [1.82, 2.24) is 4.98 Å². The number of fused-ring (bicyclic) bond motifs is 1. The van der Waals surface area contributed by atoms with Gasteiger partial charge < -0.3 is 15.8 Å². The Morgan fingerprint density at radius 2 is 1.86 bits per heavy atom. The van der Waals surface area contributed by atoms with Gasteiger partial charge in [-0.3, -0.25) is 4.79 Å². The largest absolute Gasteiger partial charge is 0.480 e. The first kappa shape index (κ1) is 14.4. The molecule has 3 aromatic rings. The second-order valence-corrected chi connectivity index (χ2v) is 5.52. The molecule has 1 aromatic heterocycles. The summed E-state index contributed by atoms with van der Waals surface area (Å²) in [7, 11) is 0. The number of carboxylic acids is 1. The number of nitrogens with one attached hydrogen (secondary N) is 1. The quantitative estimate of drug-likeness (QED) is 0.691. The van der Waals surface area contributed by atoms with Crippen LogP contribution in [0.2, 0.25) is 0 Å². The van der Waals surface area contributed by atoms with E-state index in [0.717, 1.165) is 22.3 Å². The van der Waals surface area contributed by atoms with E-state index in [2.05, 4.69) is 24.0 Å². The van der Waals surface area contributed by atoms with E-state index in [0.29, 0.717) is 6.42 Å². The zero-order valence-electron chi connectivity index (χ0n) is 12.3. The van der Waals surface area contributed by atoms with Crippen LogP contribution < -0.4 is 5.73 Å². The monoisotopic (exact) mass is 294 g/mol. The molecule has 0 amide bonds. The summed E-state index contributed by atoms with van der Waals surface area (Å²) in [6.07, 6.45) is 0.336. The topological polar surface area (TPSA) is 79.1 Å². The molecule has 0 aliphatic carbocycles. The van der Waals surface area contributed by atoms with Crippen LogP contribution in [0.3, 0.4) is 0 Å². The number of aromatic nitrogens is 1. The lowest BCUT2D eigenvalue weighted by molar-refractivity contribution is -0.138. The maximum absolute atomic E-state index is 10.8. The molecule has 3 rings (SSSR count). The second-order valence-electron chi connectivity index (χ2n) is 5.52. The lowest BCUT2D eigenvalue weighted by Crippen LogP contribution is -2.32. The maximum Gasteiger partial charge on any atom is 0.320 e. The van der Waals surface area contributed by atoms with Crippen molar-refractivity contribution in [2.45, 2.75) is 19.4 Å². The highest BCUT2D eigenvalue weighted by atomic mass is 16.4. The number of carboxylic acid groups (broad SMARTS) is 1. The van der Waals surface area contributed by atoms with Gasteiger partial charge >= 0.3 is 5.97 Å². The predicted octanol–water partition coefficient (Wildman–Crippen LogP) is 3.10. The third-order valence-corrected chi connectivity index (χ3v) is 3.91. The van der Waals surface area contributed by atoms with E-state index >= 15 is 0 Å². The van der Waals surface area contributed by atoms with E-state index in [-0.39, 0.29) is 0 Å². The number of H-pyrrole nitrogens is 1. The number of aliphatic carboxylic acids is 1. The predicted molar refractivity (Wildman–Crippen MR) is 87.8 cm³/mol. The molecule has 4 heteroatoms. The Balaban J connectivity index is 1.95. The molecule has 112 valence electrons. The summed E-state index contributed by atoms with van der Waals surface area (Å²) in [5.74, 6) is -0.975. The molecule has 0 fully saturated rings. The number of aromatic amines is 1. The van der Waals surface area contributed by atoms with Gasteiger partial charge in [0.05, 0.1) is 0 Å². The first-order valence-electron chi connectivity index (χ1n) is 7.21. The number of hydrogen-bond acceptors (Lipinski definition) is 2. The summed E-state index contributed by atoms with van der Waals surface area (Å²) in [5, 5.41) is 10.1. The first-order chi connectivity index (χ1) is 10.6. The molecular formula is C18H18N2O2. The fourth-order valence-corrected chi connectivity index (χ4v) is 2.80. The van der Waals surface area contributed by atoms with Crippen LogP contribution in [0.25, 0.3) is 22.0 Å². The van der Waals surface area contributed by atoms with Crippen LogP contribution in [0.15, 0.2) is 48.5 Å². The molecular weight excluding hydrogens is 276 g/mol. The number of carbonyl (C=O) groups is 1. The summed E-state index contributed by atoms with van der Waals surface area (Å²) in [5.41, 5.74) is 11.0. The lowest BCUT2D eigenvalue weighted by Gasteiger charge is -2.08.